The van der Waals surface area contributed by atoms with Gasteiger partial charge in [0, 0.05) is 37.0 Å². The molecule has 0 bridgehead atoms. The van der Waals surface area contributed by atoms with Crippen LogP contribution in [0.25, 0.3) is 11.3 Å². The van der Waals surface area contributed by atoms with E-state index in [2.05, 4.69) is 18.3 Å². The van der Waals surface area contributed by atoms with E-state index in [-0.39, 0.29) is 11.7 Å². The first-order valence-corrected chi connectivity index (χ1v) is 11.6. The highest BCUT2D eigenvalue weighted by Crippen LogP contribution is 2.40. The summed E-state index contributed by atoms with van der Waals surface area (Å²) in [6, 6.07) is 15.9. The Hall–Kier alpha value is -3.25. The van der Waals surface area contributed by atoms with E-state index in [1.807, 2.05) is 41.0 Å². The third-order valence-electron chi connectivity index (χ3n) is 6.59. The number of methoxy groups -OCH3 is 1. The van der Waals surface area contributed by atoms with E-state index in [4.69, 9.17) is 14.2 Å². The lowest BCUT2D eigenvalue weighted by atomic mass is 9.93. The fourth-order valence-electron chi connectivity index (χ4n) is 4.80. The van der Waals surface area contributed by atoms with E-state index in [0.29, 0.717) is 25.4 Å². The van der Waals surface area contributed by atoms with Gasteiger partial charge in [-0.1, -0.05) is 30.3 Å². The Labute approximate surface area is 194 Å². The average Bonchev–Trinajstić information content (AvgIpc) is 3.37. The molecule has 1 unspecified atom stereocenters. The number of benzene rings is 2. The van der Waals surface area contributed by atoms with E-state index in [1.54, 1.807) is 13.2 Å². The molecule has 3 heterocycles. The maximum atomic E-state index is 13.0. The summed E-state index contributed by atoms with van der Waals surface area (Å²) in [5.41, 5.74) is 6.20. The standard InChI is InChI=1S/C27H30N2O4/c1-18-23(28-16-21-9-6-12-32-21)15-26(30)29-11-10-20-13-25(24(31-2)14-22(20)27(18)29)33-17-19-7-4-3-5-8-19/h3-5,7-8,13-15,21,28H,6,9-12,16-17H2,1-2H3. The number of fused-ring (bicyclic) bond motifs is 3. The molecule has 1 atom stereocenters. The van der Waals surface area contributed by atoms with Crippen LogP contribution in [0.5, 0.6) is 11.5 Å². The van der Waals surface area contributed by atoms with Crippen molar-refractivity contribution in [1.29, 1.82) is 0 Å². The summed E-state index contributed by atoms with van der Waals surface area (Å²) in [6.07, 6.45) is 3.14. The molecule has 2 aliphatic rings. The maximum Gasteiger partial charge on any atom is 0.253 e. The Balaban J connectivity index is 1.47. The molecule has 0 spiro atoms. The number of ether oxygens (including phenoxy) is 3. The van der Waals surface area contributed by atoms with Gasteiger partial charge in [0.15, 0.2) is 11.5 Å². The molecule has 6 heteroatoms. The van der Waals surface area contributed by atoms with Crippen LogP contribution in [0.3, 0.4) is 0 Å². The topological polar surface area (TPSA) is 61.7 Å². The highest BCUT2D eigenvalue weighted by atomic mass is 16.5. The SMILES string of the molecule is COc1cc2c(cc1OCc1ccccc1)CCn1c-2c(C)c(NCC2CCCO2)cc1=O. The van der Waals surface area contributed by atoms with Crippen molar-refractivity contribution in [2.45, 2.75) is 45.4 Å². The summed E-state index contributed by atoms with van der Waals surface area (Å²) in [5.74, 6) is 1.39. The van der Waals surface area contributed by atoms with Gasteiger partial charge in [0.2, 0.25) is 0 Å². The zero-order valence-corrected chi connectivity index (χ0v) is 19.2. The first-order chi connectivity index (χ1) is 16.1. The number of nitrogens with zero attached hydrogens (tertiary/aromatic N) is 1. The van der Waals surface area contributed by atoms with Gasteiger partial charge in [0.05, 0.1) is 18.9 Å². The van der Waals surface area contributed by atoms with Crippen molar-refractivity contribution in [3.05, 3.63) is 75.6 Å². The Bertz CT molecular complexity index is 1200. The molecule has 0 radical (unpaired) electrons. The molecular weight excluding hydrogens is 416 g/mol. The minimum absolute atomic E-state index is 0.0134. The van der Waals surface area contributed by atoms with Crippen molar-refractivity contribution in [3.63, 3.8) is 0 Å². The number of nitrogens with one attached hydrogen (secondary N) is 1. The minimum Gasteiger partial charge on any atom is -0.493 e. The van der Waals surface area contributed by atoms with Crippen LogP contribution >= 0.6 is 0 Å². The number of pyridine rings is 1. The van der Waals surface area contributed by atoms with Crippen molar-refractivity contribution >= 4 is 5.69 Å². The fraction of sp³-hybridized carbons (Fsp3) is 0.370. The van der Waals surface area contributed by atoms with Gasteiger partial charge in [-0.15, -0.1) is 0 Å². The lowest BCUT2D eigenvalue weighted by Crippen LogP contribution is -2.28. The third-order valence-corrected chi connectivity index (χ3v) is 6.59. The first kappa shape index (κ1) is 21.6. The number of hydrogen-bond donors (Lipinski definition) is 1. The number of aromatic nitrogens is 1. The zero-order valence-electron chi connectivity index (χ0n) is 19.2. The summed E-state index contributed by atoms with van der Waals surface area (Å²) < 4.78 is 19.4. The number of aryl methyl sites for hydroxylation is 1. The van der Waals surface area contributed by atoms with Gasteiger partial charge in [0.1, 0.15) is 6.61 Å². The van der Waals surface area contributed by atoms with Gasteiger partial charge in [-0.25, -0.2) is 0 Å². The smallest absolute Gasteiger partial charge is 0.253 e. The van der Waals surface area contributed by atoms with Crippen molar-refractivity contribution in [1.82, 2.24) is 4.57 Å². The van der Waals surface area contributed by atoms with E-state index >= 15 is 0 Å². The van der Waals surface area contributed by atoms with Crippen molar-refractivity contribution in [2.24, 2.45) is 0 Å². The van der Waals surface area contributed by atoms with Crippen LogP contribution in [0.1, 0.15) is 29.5 Å². The molecule has 0 amide bonds. The predicted octanol–water partition coefficient (Wildman–Crippen LogP) is 4.56. The first-order valence-electron chi connectivity index (χ1n) is 11.6. The predicted molar refractivity (Wildman–Crippen MR) is 129 cm³/mol. The Kier molecular flexibility index (Phi) is 6.09. The molecule has 1 N–H and O–H groups in total. The van der Waals surface area contributed by atoms with Gasteiger partial charge >= 0.3 is 0 Å². The summed E-state index contributed by atoms with van der Waals surface area (Å²) in [5, 5.41) is 3.46. The Morgan fingerprint density at radius 2 is 2.00 bits per heavy atom. The molecule has 33 heavy (non-hydrogen) atoms. The average molecular weight is 447 g/mol. The summed E-state index contributed by atoms with van der Waals surface area (Å²) >= 11 is 0. The normalized spacial score (nSPS) is 16.7. The minimum atomic E-state index is 0.0134. The molecule has 1 fully saturated rings. The largest absolute Gasteiger partial charge is 0.493 e. The second kappa shape index (κ2) is 9.32. The molecule has 1 aromatic heterocycles. The number of hydrogen-bond acceptors (Lipinski definition) is 5. The molecule has 3 aromatic rings. The van der Waals surface area contributed by atoms with Gasteiger partial charge in [0.25, 0.3) is 5.56 Å². The second-order valence-corrected chi connectivity index (χ2v) is 8.72. The fourth-order valence-corrected chi connectivity index (χ4v) is 4.80. The van der Waals surface area contributed by atoms with Crippen LogP contribution in [-0.2, 0) is 24.3 Å². The molecule has 0 aliphatic carbocycles. The molecular formula is C27H30N2O4. The molecule has 2 aromatic carbocycles. The van der Waals surface area contributed by atoms with Crippen molar-refractivity contribution in [3.8, 4) is 22.8 Å². The van der Waals surface area contributed by atoms with Crippen LogP contribution in [0.15, 0.2) is 53.3 Å². The molecule has 6 nitrogen and oxygen atoms in total. The van der Waals surface area contributed by atoms with E-state index in [1.165, 1.54) is 0 Å². The monoisotopic (exact) mass is 446 g/mol. The molecule has 5 rings (SSSR count). The molecule has 1 saturated heterocycles. The Morgan fingerprint density at radius 1 is 1.15 bits per heavy atom. The zero-order chi connectivity index (χ0) is 22.8. The van der Waals surface area contributed by atoms with Gasteiger partial charge in [-0.05, 0) is 55.0 Å². The van der Waals surface area contributed by atoms with Gasteiger partial charge in [-0.3, -0.25) is 4.79 Å². The van der Waals surface area contributed by atoms with E-state index < -0.39 is 0 Å². The maximum absolute atomic E-state index is 13.0. The molecule has 2 aliphatic heterocycles. The quantitative estimate of drug-likeness (QED) is 0.577. The van der Waals surface area contributed by atoms with Crippen LogP contribution in [0.4, 0.5) is 5.69 Å². The van der Waals surface area contributed by atoms with Crippen molar-refractivity contribution in [2.75, 3.05) is 25.6 Å². The Morgan fingerprint density at radius 3 is 2.76 bits per heavy atom. The van der Waals surface area contributed by atoms with Crippen LogP contribution in [0.2, 0.25) is 0 Å². The van der Waals surface area contributed by atoms with Crippen molar-refractivity contribution < 1.29 is 14.2 Å². The van der Waals surface area contributed by atoms with Gasteiger partial charge < -0.3 is 24.1 Å². The lowest BCUT2D eigenvalue weighted by molar-refractivity contribution is 0.120. The highest BCUT2D eigenvalue weighted by Gasteiger charge is 2.24. The number of anilines is 1. The summed E-state index contributed by atoms with van der Waals surface area (Å²) in [4.78, 5) is 13.0. The van der Waals surface area contributed by atoms with Crippen LogP contribution in [0, 0.1) is 6.92 Å². The van der Waals surface area contributed by atoms with Gasteiger partial charge in [-0.2, -0.15) is 0 Å². The van der Waals surface area contributed by atoms with E-state index in [9.17, 15) is 4.79 Å². The molecule has 172 valence electrons. The second-order valence-electron chi connectivity index (χ2n) is 8.72. The third kappa shape index (κ3) is 4.35. The van der Waals surface area contributed by atoms with Crippen LogP contribution < -0.4 is 20.3 Å². The molecule has 0 saturated carbocycles. The number of rotatable bonds is 7. The summed E-state index contributed by atoms with van der Waals surface area (Å²) in [6.45, 7) is 4.73. The van der Waals surface area contributed by atoms with Crippen LogP contribution in [-0.4, -0.2) is 30.9 Å². The lowest BCUT2D eigenvalue weighted by Gasteiger charge is -2.27. The van der Waals surface area contributed by atoms with E-state index in [0.717, 1.165) is 65.3 Å². The summed E-state index contributed by atoms with van der Waals surface area (Å²) in [7, 11) is 1.65. The highest BCUT2D eigenvalue weighted by molar-refractivity contribution is 5.76.